The Kier molecular flexibility index (Phi) is 27.7. The minimum Gasteiger partial charge on any atom is -0.492 e. The largest absolute Gasteiger partial charge is 0.492 e. The Hall–Kier alpha value is -9.20. The quantitative estimate of drug-likeness (QED) is 0.0211. The van der Waals surface area contributed by atoms with Gasteiger partial charge in [0.15, 0.2) is 5.75 Å². The molecule has 5 heterocycles. The monoisotopic (exact) mass is 1350 g/mol. The van der Waals surface area contributed by atoms with E-state index in [1.807, 2.05) is 36.6 Å². The summed E-state index contributed by atoms with van der Waals surface area (Å²) in [7, 11) is 3.11. The van der Waals surface area contributed by atoms with Gasteiger partial charge in [-0.1, -0.05) is 19.1 Å². The number of aromatic amines is 1. The van der Waals surface area contributed by atoms with E-state index in [0.717, 1.165) is 62.4 Å². The number of nitrogens with one attached hydrogen (secondary N) is 6. The lowest BCUT2D eigenvalue weighted by Crippen LogP contribution is -2.47. The normalized spacial score (nSPS) is 14.6. The van der Waals surface area contributed by atoms with E-state index in [1.54, 1.807) is 49.3 Å². The van der Waals surface area contributed by atoms with E-state index in [2.05, 4.69) is 43.4 Å². The van der Waals surface area contributed by atoms with Gasteiger partial charge in [-0.3, -0.25) is 43.4 Å². The second kappa shape index (κ2) is 36.6. The molecule has 0 spiro atoms. The number of ether oxygens (including phenoxy) is 7. The number of imide groups is 1. The molecule has 0 bridgehead atoms. The molecule has 0 unspecified atom stereocenters. The number of hydrogen-bond acceptors (Lipinski definition) is 19. The third kappa shape index (κ3) is 21.7. The van der Waals surface area contributed by atoms with Crippen LogP contribution in [0.25, 0.3) is 21.0 Å². The number of likely N-dealkylation sites (tertiary alicyclic amines) is 1. The van der Waals surface area contributed by atoms with Crippen molar-refractivity contribution in [1.29, 1.82) is 0 Å². The fourth-order valence-electron chi connectivity index (χ4n) is 10.8. The number of H-pyrrole nitrogens is 1. The second-order valence-corrected chi connectivity index (χ2v) is 24.2. The summed E-state index contributed by atoms with van der Waals surface area (Å²) in [5, 5.41) is 16.8. The molecular formula is C66H86N12O17S. The Balaban J connectivity index is 0.699. The number of aryl methyl sites for hydroxylation is 1. The number of anilines is 2. The number of carbonyl (C=O) groups excluding carboxylic acids is 10. The minimum atomic E-state index is -1.07. The van der Waals surface area contributed by atoms with Crippen LogP contribution in [-0.2, 0) is 59.1 Å². The van der Waals surface area contributed by atoms with Crippen molar-refractivity contribution in [3.8, 4) is 11.5 Å². The molecule has 30 heteroatoms. The van der Waals surface area contributed by atoms with Crippen LogP contribution in [-0.4, -0.2) is 229 Å². The van der Waals surface area contributed by atoms with Crippen LogP contribution in [0.15, 0.2) is 72.1 Å². The van der Waals surface area contributed by atoms with Crippen molar-refractivity contribution in [3.63, 3.8) is 0 Å². The molecule has 96 heavy (non-hydrogen) atoms. The summed E-state index contributed by atoms with van der Waals surface area (Å²) in [6, 6.07) is 14.1. The van der Waals surface area contributed by atoms with Gasteiger partial charge in [-0.25, -0.2) is 14.4 Å². The molecule has 2 aromatic heterocycles. The molecule has 1 saturated heterocycles. The van der Waals surface area contributed by atoms with Crippen LogP contribution in [0.5, 0.6) is 11.5 Å². The Morgan fingerprint density at radius 3 is 2.10 bits per heavy atom. The number of aromatic nitrogens is 1. The Labute approximate surface area is 559 Å². The van der Waals surface area contributed by atoms with E-state index in [1.165, 1.54) is 46.1 Å². The lowest BCUT2D eigenvalue weighted by Gasteiger charge is -2.22. The molecule has 3 aromatic carbocycles. The van der Waals surface area contributed by atoms with Gasteiger partial charge in [-0.15, -0.1) is 11.3 Å². The smallest absolute Gasteiger partial charge is 0.415 e. The van der Waals surface area contributed by atoms with Crippen LogP contribution in [0.1, 0.15) is 78.5 Å². The van der Waals surface area contributed by atoms with Gasteiger partial charge in [-0.05, 0) is 104 Å². The molecule has 3 aliphatic heterocycles. The zero-order valence-electron chi connectivity index (χ0n) is 54.6. The van der Waals surface area contributed by atoms with Crippen molar-refractivity contribution in [3.05, 3.63) is 94.5 Å². The van der Waals surface area contributed by atoms with Gasteiger partial charge in [0.05, 0.1) is 69.8 Å². The van der Waals surface area contributed by atoms with Gasteiger partial charge in [0.25, 0.3) is 17.7 Å². The first-order valence-corrected chi connectivity index (χ1v) is 33.0. The molecule has 0 saturated carbocycles. The summed E-state index contributed by atoms with van der Waals surface area (Å²) in [5.74, 6) is -1.98. The van der Waals surface area contributed by atoms with Gasteiger partial charge in [-0.2, -0.15) is 0 Å². The van der Waals surface area contributed by atoms with Gasteiger partial charge in [0, 0.05) is 119 Å². The van der Waals surface area contributed by atoms with Crippen LogP contribution in [0.4, 0.5) is 25.8 Å². The summed E-state index contributed by atoms with van der Waals surface area (Å²) >= 11 is 1.47. The average molecular weight is 1350 g/mol. The van der Waals surface area contributed by atoms with Crippen LogP contribution in [0.2, 0.25) is 0 Å². The fraction of sp³-hybridized carbons (Fsp3) is 0.485. The highest BCUT2D eigenvalue weighted by molar-refractivity contribution is 7.17. The summed E-state index contributed by atoms with van der Waals surface area (Å²) in [4.78, 5) is 138. The zero-order chi connectivity index (χ0) is 68.5. The number of fused-ring (bicyclic) bond motifs is 4. The number of urea groups is 1. The van der Waals surface area contributed by atoms with E-state index in [-0.39, 0.29) is 109 Å². The first-order valence-electron chi connectivity index (χ1n) is 32.1. The van der Waals surface area contributed by atoms with Crippen LogP contribution in [0, 0.1) is 6.92 Å². The molecule has 29 nitrogen and oxygen atoms in total. The lowest BCUT2D eigenvalue weighted by atomic mass is 9.97. The highest BCUT2D eigenvalue weighted by atomic mass is 32.1. The number of thiophene rings is 1. The maximum atomic E-state index is 14.4. The Bertz CT molecular complexity index is 3560. The summed E-state index contributed by atoms with van der Waals surface area (Å²) < 4.78 is 40.3. The molecule has 8 rings (SSSR count). The molecule has 0 aliphatic carbocycles. The maximum absolute atomic E-state index is 14.4. The maximum Gasteiger partial charge on any atom is 0.415 e. The standard InChI is InChI=1S/C66H86N12O17S/c1-43-40-78(63(85)51-37-46-36-48(13-14-49(46)72-51)93-29-26-76-21-5-6-22-76)52-38-53(61-60(59(43)52)44(2)42-96-61)95-66(88)75(4)25-24-74(3)65(87)94-41-45-9-11-47(12-10-45)71-62(84)50(8-7-19-69-64(67)86)73-56(81)39-70-55(80)18-27-89-30-32-91-34-35-92-33-31-90-28-20-68-54(79)17-23-77-57(82)15-16-58(77)83/h9-16,36-38,42-43,50,72H,5-8,17-35,39-41H2,1-4H3,(H,68,79)(H,70,80)(H,71,84)(H,73,81)(H3,67,69,86)/t43-,50+/m1/s1. The number of amides is 11. The molecular weight excluding hydrogens is 1260 g/mol. The number of carbonyl (C=O) groups is 10. The predicted molar refractivity (Wildman–Crippen MR) is 356 cm³/mol. The van der Waals surface area contributed by atoms with E-state index in [9.17, 15) is 47.9 Å². The van der Waals surface area contributed by atoms with Crippen molar-refractivity contribution in [2.24, 2.45) is 5.73 Å². The van der Waals surface area contributed by atoms with Crippen molar-refractivity contribution >= 4 is 103 Å². The van der Waals surface area contributed by atoms with Gasteiger partial charge in [0.2, 0.25) is 23.6 Å². The number of likely N-dealkylation sites (N-methyl/N-ethyl adjacent to an activating group) is 2. The van der Waals surface area contributed by atoms with Crippen molar-refractivity contribution in [2.45, 2.75) is 70.9 Å². The molecule has 518 valence electrons. The number of primary amides is 1. The minimum absolute atomic E-state index is 0.00224. The first kappa shape index (κ1) is 72.6. The van der Waals surface area contributed by atoms with Crippen molar-refractivity contribution in [1.82, 2.24) is 45.9 Å². The Morgan fingerprint density at radius 2 is 1.41 bits per heavy atom. The molecule has 8 N–H and O–H groups in total. The topological polar surface area (TPSA) is 353 Å². The van der Waals surface area contributed by atoms with Gasteiger partial charge >= 0.3 is 18.2 Å². The van der Waals surface area contributed by atoms with Crippen molar-refractivity contribution in [2.75, 3.05) is 149 Å². The van der Waals surface area contributed by atoms with E-state index >= 15 is 0 Å². The van der Waals surface area contributed by atoms with Crippen LogP contribution in [0.3, 0.4) is 0 Å². The van der Waals surface area contributed by atoms with Crippen LogP contribution >= 0.6 is 11.3 Å². The average Bonchev–Trinajstić information content (AvgIpc) is 1.58. The fourth-order valence-corrected chi connectivity index (χ4v) is 11.9. The number of rotatable bonds is 38. The third-order valence-electron chi connectivity index (χ3n) is 16.1. The molecule has 2 atom stereocenters. The molecule has 11 amide bonds. The number of nitrogens with zero attached hydrogens (tertiary/aromatic N) is 5. The summed E-state index contributed by atoms with van der Waals surface area (Å²) in [5.41, 5.74) is 10.1. The molecule has 5 aromatic rings. The van der Waals surface area contributed by atoms with Gasteiger partial charge < -0.3 is 85.2 Å². The molecule has 1 fully saturated rings. The highest BCUT2D eigenvalue weighted by Crippen LogP contribution is 2.49. The predicted octanol–water partition coefficient (Wildman–Crippen LogP) is 4.50. The SMILES string of the molecule is Cc1csc2c(OC(=O)N(C)CCN(C)C(=O)OCc3ccc(NC(=O)[C@H](CCCNC(N)=O)NC(=O)CNC(=O)CCOCCOCCOCCOCCNC(=O)CCN4C(=O)C=CC4=O)cc3)cc3c(c12)[C@H](C)CN3C(=O)c1cc2cc(OCCN3CCCC3)ccc2[nH]1. The van der Waals surface area contributed by atoms with E-state index in [0.29, 0.717) is 68.0 Å². The zero-order valence-corrected chi connectivity index (χ0v) is 55.4. The molecule has 3 aliphatic rings. The Morgan fingerprint density at radius 1 is 0.740 bits per heavy atom. The molecule has 0 radical (unpaired) electrons. The van der Waals surface area contributed by atoms with E-state index < -0.39 is 60.3 Å². The highest BCUT2D eigenvalue weighted by Gasteiger charge is 2.36. The second-order valence-electron chi connectivity index (χ2n) is 23.3. The van der Waals surface area contributed by atoms with E-state index in [4.69, 9.17) is 38.9 Å². The third-order valence-corrected chi connectivity index (χ3v) is 17.2. The van der Waals surface area contributed by atoms with Gasteiger partial charge in [0.1, 0.15) is 30.7 Å². The number of benzene rings is 3. The summed E-state index contributed by atoms with van der Waals surface area (Å²) in [6.07, 6.45) is 3.81. The lowest BCUT2D eigenvalue weighted by molar-refractivity contribution is -0.137. The number of nitrogens with two attached hydrogens (primary N) is 1. The van der Waals surface area contributed by atoms with Crippen LogP contribution < -0.4 is 46.7 Å². The summed E-state index contributed by atoms with van der Waals surface area (Å²) in [6.45, 7) is 10.2. The number of hydrogen-bond donors (Lipinski definition) is 7. The first-order chi connectivity index (χ1) is 46.3. The van der Waals surface area contributed by atoms with Crippen molar-refractivity contribution < 1.29 is 81.1 Å².